The first-order chi connectivity index (χ1) is 11.6. The van der Waals surface area contributed by atoms with E-state index in [0.717, 1.165) is 29.0 Å². The van der Waals surface area contributed by atoms with Crippen molar-refractivity contribution in [3.8, 4) is 0 Å². The van der Waals surface area contributed by atoms with Crippen LogP contribution in [0.1, 0.15) is 24.1 Å². The quantitative estimate of drug-likeness (QED) is 0.698. The number of nitrogens with one attached hydrogen (secondary N) is 1. The summed E-state index contributed by atoms with van der Waals surface area (Å²) in [5, 5.41) is 16.8. The number of aliphatic carboxylic acids is 1. The number of anilines is 1. The zero-order valence-electron chi connectivity index (χ0n) is 13.5. The molecular weight excluding hydrogens is 304 g/mol. The van der Waals surface area contributed by atoms with Crippen LogP contribution < -0.4 is 5.32 Å². The molecule has 6 heteroatoms. The predicted octanol–water partition coefficient (Wildman–Crippen LogP) is 2.93. The number of hydrogen-bond acceptors (Lipinski definition) is 4. The van der Waals surface area contributed by atoms with Crippen LogP contribution in [0, 0.1) is 6.92 Å². The van der Waals surface area contributed by atoms with E-state index in [4.69, 9.17) is 5.11 Å². The topological polar surface area (TPSA) is 79.5 Å². The van der Waals surface area contributed by atoms with Gasteiger partial charge in [0, 0.05) is 24.9 Å². The number of aryl methyl sites for hydroxylation is 1. The van der Waals surface area contributed by atoms with Gasteiger partial charge in [-0.15, -0.1) is 0 Å². The Balaban J connectivity index is 1.82. The molecule has 6 nitrogen and oxygen atoms in total. The summed E-state index contributed by atoms with van der Waals surface area (Å²) >= 11 is 0. The first-order valence-corrected chi connectivity index (χ1v) is 7.95. The number of rotatable bonds is 7. The lowest BCUT2D eigenvalue weighted by Gasteiger charge is -2.19. The van der Waals surface area contributed by atoms with Crippen LogP contribution >= 0.6 is 0 Å². The second-order valence-corrected chi connectivity index (χ2v) is 5.85. The summed E-state index contributed by atoms with van der Waals surface area (Å²) in [6, 6.07) is 12.0. The molecule has 0 bridgehead atoms. The van der Waals surface area contributed by atoms with E-state index in [1.165, 1.54) is 0 Å². The van der Waals surface area contributed by atoms with Gasteiger partial charge in [0.2, 0.25) is 0 Å². The van der Waals surface area contributed by atoms with E-state index in [9.17, 15) is 4.79 Å². The Labute approximate surface area is 140 Å². The van der Waals surface area contributed by atoms with Gasteiger partial charge in [-0.1, -0.05) is 30.3 Å². The molecular formula is C18H20N4O2. The van der Waals surface area contributed by atoms with Gasteiger partial charge in [-0.3, -0.25) is 4.79 Å². The molecule has 2 aromatic heterocycles. The maximum absolute atomic E-state index is 11.0. The summed E-state index contributed by atoms with van der Waals surface area (Å²) in [4.78, 5) is 15.4. The maximum atomic E-state index is 11.0. The summed E-state index contributed by atoms with van der Waals surface area (Å²) in [5.74, 6) is -0.0642. The van der Waals surface area contributed by atoms with E-state index in [-0.39, 0.29) is 12.5 Å². The van der Waals surface area contributed by atoms with Gasteiger partial charge in [0.1, 0.15) is 5.52 Å². The molecule has 0 saturated carbocycles. The molecule has 0 amide bonds. The third kappa shape index (κ3) is 3.90. The number of hydrogen-bond donors (Lipinski definition) is 2. The van der Waals surface area contributed by atoms with Gasteiger partial charge in [-0.2, -0.15) is 5.10 Å². The highest BCUT2D eigenvalue weighted by Gasteiger charge is 2.15. The summed E-state index contributed by atoms with van der Waals surface area (Å²) in [6.45, 7) is 1.93. The lowest BCUT2D eigenvalue weighted by Crippen LogP contribution is -2.24. The highest BCUT2D eigenvalue weighted by Crippen LogP contribution is 2.18. The molecule has 24 heavy (non-hydrogen) atoms. The highest BCUT2D eigenvalue weighted by molar-refractivity contribution is 5.69. The Morgan fingerprint density at radius 3 is 2.88 bits per heavy atom. The third-order valence-corrected chi connectivity index (χ3v) is 3.88. The maximum Gasteiger partial charge on any atom is 0.303 e. The lowest BCUT2D eigenvalue weighted by atomic mass is 10.0. The summed E-state index contributed by atoms with van der Waals surface area (Å²) in [5.41, 5.74) is 2.97. The standard InChI is InChI=1S/C18H20N4O2/c1-13-11-16-18(19-9-10-22(16)21-13)20-15(7-8-17(23)24)12-14-5-3-2-4-6-14/h2-6,9-11,15H,7-8,12H2,1H3,(H,19,20)(H,23,24). The van der Waals surface area contributed by atoms with Gasteiger partial charge in [0.05, 0.1) is 5.69 Å². The smallest absolute Gasteiger partial charge is 0.303 e. The van der Waals surface area contributed by atoms with Gasteiger partial charge < -0.3 is 10.4 Å². The van der Waals surface area contributed by atoms with Gasteiger partial charge >= 0.3 is 5.97 Å². The molecule has 0 saturated heterocycles. The van der Waals surface area contributed by atoms with Gasteiger partial charge in [0.25, 0.3) is 0 Å². The van der Waals surface area contributed by atoms with E-state index >= 15 is 0 Å². The average molecular weight is 324 g/mol. The third-order valence-electron chi connectivity index (χ3n) is 3.88. The molecule has 1 atom stereocenters. The van der Waals surface area contributed by atoms with Crippen LogP contribution in [0.5, 0.6) is 0 Å². The average Bonchev–Trinajstić information content (AvgIpc) is 2.95. The molecule has 0 aliphatic rings. The van der Waals surface area contributed by atoms with Gasteiger partial charge in [0.15, 0.2) is 5.82 Å². The molecule has 1 unspecified atom stereocenters. The minimum Gasteiger partial charge on any atom is -0.481 e. The van der Waals surface area contributed by atoms with Crippen molar-refractivity contribution in [2.24, 2.45) is 0 Å². The van der Waals surface area contributed by atoms with Crippen molar-refractivity contribution in [3.63, 3.8) is 0 Å². The minimum atomic E-state index is -0.791. The Bertz CT molecular complexity index is 829. The SMILES string of the molecule is Cc1cc2c(NC(CCC(=O)O)Cc3ccccc3)nccn2n1. The van der Waals surface area contributed by atoms with Crippen molar-refractivity contribution < 1.29 is 9.90 Å². The van der Waals surface area contributed by atoms with Crippen LogP contribution in [0.25, 0.3) is 5.52 Å². The fourth-order valence-electron chi connectivity index (χ4n) is 2.77. The molecule has 0 fully saturated rings. The molecule has 1 aromatic carbocycles. The van der Waals surface area contributed by atoms with Crippen molar-refractivity contribution in [1.82, 2.24) is 14.6 Å². The Morgan fingerprint density at radius 1 is 1.33 bits per heavy atom. The van der Waals surface area contributed by atoms with Crippen LogP contribution in [0.3, 0.4) is 0 Å². The Hall–Kier alpha value is -2.89. The monoisotopic (exact) mass is 324 g/mol. The fraction of sp³-hybridized carbons (Fsp3) is 0.278. The van der Waals surface area contributed by atoms with Crippen molar-refractivity contribution >= 4 is 17.3 Å². The van der Waals surface area contributed by atoms with Crippen molar-refractivity contribution in [2.45, 2.75) is 32.2 Å². The number of benzene rings is 1. The molecule has 0 aliphatic carbocycles. The van der Waals surface area contributed by atoms with Crippen molar-refractivity contribution in [3.05, 3.63) is 60.0 Å². The van der Waals surface area contributed by atoms with E-state index in [2.05, 4.69) is 15.4 Å². The van der Waals surface area contributed by atoms with E-state index in [1.807, 2.05) is 43.3 Å². The minimum absolute atomic E-state index is 0.0163. The van der Waals surface area contributed by atoms with E-state index in [0.29, 0.717) is 6.42 Å². The largest absolute Gasteiger partial charge is 0.481 e. The Morgan fingerprint density at radius 2 is 2.12 bits per heavy atom. The van der Waals surface area contributed by atoms with Crippen LogP contribution in [0.4, 0.5) is 5.82 Å². The van der Waals surface area contributed by atoms with Crippen molar-refractivity contribution in [2.75, 3.05) is 5.32 Å². The normalized spacial score (nSPS) is 12.2. The van der Waals surface area contributed by atoms with Gasteiger partial charge in [-0.05, 0) is 31.4 Å². The zero-order chi connectivity index (χ0) is 16.9. The number of fused-ring (bicyclic) bond motifs is 1. The van der Waals surface area contributed by atoms with Crippen molar-refractivity contribution in [1.29, 1.82) is 0 Å². The molecule has 3 rings (SSSR count). The highest BCUT2D eigenvalue weighted by atomic mass is 16.4. The zero-order valence-corrected chi connectivity index (χ0v) is 13.5. The number of carboxylic acids is 1. The molecule has 0 spiro atoms. The molecule has 3 aromatic rings. The number of carboxylic acid groups (broad SMARTS) is 1. The molecule has 2 heterocycles. The first kappa shape index (κ1) is 16.0. The lowest BCUT2D eigenvalue weighted by molar-refractivity contribution is -0.137. The van der Waals surface area contributed by atoms with Crippen LogP contribution in [-0.4, -0.2) is 31.7 Å². The van der Waals surface area contributed by atoms with Crippen LogP contribution in [-0.2, 0) is 11.2 Å². The van der Waals surface area contributed by atoms with Gasteiger partial charge in [-0.25, -0.2) is 9.50 Å². The number of nitrogens with zero attached hydrogens (tertiary/aromatic N) is 3. The molecule has 0 aliphatic heterocycles. The summed E-state index contributed by atoms with van der Waals surface area (Å²) in [6.07, 6.45) is 4.88. The second-order valence-electron chi connectivity index (χ2n) is 5.85. The molecule has 124 valence electrons. The second kappa shape index (κ2) is 7.12. The van der Waals surface area contributed by atoms with E-state index < -0.39 is 5.97 Å². The fourth-order valence-corrected chi connectivity index (χ4v) is 2.77. The summed E-state index contributed by atoms with van der Waals surface area (Å²) in [7, 11) is 0. The molecule has 2 N–H and O–H groups in total. The summed E-state index contributed by atoms with van der Waals surface area (Å²) < 4.78 is 1.78. The number of carbonyl (C=O) groups is 1. The molecule has 0 radical (unpaired) electrons. The van der Waals surface area contributed by atoms with E-state index in [1.54, 1.807) is 16.9 Å². The number of aromatic nitrogens is 3. The first-order valence-electron chi connectivity index (χ1n) is 7.95. The van der Waals surface area contributed by atoms with Crippen LogP contribution in [0.2, 0.25) is 0 Å². The predicted molar refractivity (Wildman–Crippen MR) is 92.2 cm³/mol. The Kier molecular flexibility index (Phi) is 4.74. The van der Waals surface area contributed by atoms with Crippen LogP contribution in [0.15, 0.2) is 48.8 Å².